The maximum absolute atomic E-state index is 13.2. The number of benzene rings is 1. The molecule has 2 aromatic rings. The lowest BCUT2D eigenvalue weighted by atomic mass is 10.2. The van der Waals surface area contributed by atoms with E-state index in [1.54, 1.807) is 6.07 Å². The molecule has 0 atom stereocenters. The molecule has 2 N–H and O–H groups in total. The summed E-state index contributed by atoms with van der Waals surface area (Å²) in [5, 5.41) is 6.31. The van der Waals surface area contributed by atoms with Gasteiger partial charge >= 0.3 is 0 Å². The fourth-order valence-electron chi connectivity index (χ4n) is 1.88. The van der Waals surface area contributed by atoms with Crippen molar-refractivity contribution >= 4 is 33.3 Å². The molecule has 112 valence electrons. The summed E-state index contributed by atoms with van der Waals surface area (Å²) in [5.74, 6) is 2.19. The van der Waals surface area contributed by atoms with Gasteiger partial charge in [-0.1, -0.05) is 13.8 Å². The summed E-state index contributed by atoms with van der Waals surface area (Å²) in [5.41, 5.74) is 1.67. The van der Waals surface area contributed by atoms with E-state index in [1.807, 2.05) is 27.8 Å². The minimum atomic E-state index is -0.286. The van der Waals surface area contributed by atoms with Crippen LogP contribution in [0.1, 0.15) is 31.2 Å². The predicted molar refractivity (Wildman–Crippen MR) is 87.8 cm³/mol. The van der Waals surface area contributed by atoms with Crippen molar-refractivity contribution in [3.63, 3.8) is 0 Å². The summed E-state index contributed by atoms with van der Waals surface area (Å²) in [6.07, 6.45) is 0. The van der Waals surface area contributed by atoms with Gasteiger partial charge in [0.1, 0.15) is 23.3 Å². The molecule has 0 fully saturated rings. The molecular formula is C15H18BrFN4. The average Bonchev–Trinajstić information content (AvgIpc) is 2.43. The second-order valence-electron chi connectivity index (χ2n) is 5.06. The standard InChI is InChI=1S/C15H18BrFN4/c1-8(2)13-20-14(18-4)9(3)15(21-13)19-12-6-5-10(17)7-11(12)16/h5-8H,1-4H3,(H2,18,19,20,21). The molecular weight excluding hydrogens is 335 g/mol. The minimum absolute atomic E-state index is 0.218. The van der Waals surface area contributed by atoms with Gasteiger partial charge in [-0.15, -0.1) is 0 Å². The van der Waals surface area contributed by atoms with Gasteiger partial charge in [-0.25, -0.2) is 14.4 Å². The SMILES string of the molecule is CNc1nc(C(C)C)nc(Nc2ccc(F)cc2Br)c1C. The van der Waals surface area contributed by atoms with Crippen molar-refractivity contribution in [2.75, 3.05) is 17.7 Å². The Balaban J connectivity index is 2.45. The first-order chi connectivity index (χ1) is 9.92. The molecule has 1 aromatic carbocycles. The molecule has 21 heavy (non-hydrogen) atoms. The first-order valence-electron chi connectivity index (χ1n) is 6.70. The summed E-state index contributed by atoms with van der Waals surface area (Å²) >= 11 is 3.35. The summed E-state index contributed by atoms with van der Waals surface area (Å²) in [6, 6.07) is 4.50. The van der Waals surface area contributed by atoms with E-state index in [9.17, 15) is 4.39 Å². The molecule has 0 aliphatic carbocycles. The quantitative estimate of drug-likeness (QED) is 0.844. The average molecular weight is 353 g/mol. The highest BCUT2D eigenvalue weighted by atomic mass is 79.9. The van der Waals surface area contributed by atoms with Crippen LogP contribution >= 0.6 is 15.9 Å². The third kappa shape index (κ3) is 3.50. The van der Waals surface area contributed by atoms with Gasteiger partial charge in [0.25, 0.3) is 0 Å². The topological polar surface area (TPSA) is 49.8 Å². The highest BCUT2D eigenvalue weighted by molar-refractivity contribution is 9.10. The van der Waals surface area contributed by atoms with E-state index in [0.29, 0.717) is 10.3 Å². The van der Waals surface area contributed by atoms with Crippen LogP contribution in [0.4, 0.5) is 21.7 Å². The van der Waals surface area contributed by atoms with Gasteiger partial charge in [-0.3, -0.25) is 0 Å². The zero-order chi connectivity index (χ0) is 15.6. The van der Waals surface area contributed by atoms with Crippen LogP contribution in [0.2, 0.25) is 0 Å². The number of nitrogens with zero attached hydrogens (tertiary/aromatic N) is 2. The van der Waals surface area contributed by atoms with Crippen LogP contribution in [0.5, 0.6) is 0 Å². The van der Waals surface area contributed by atoms with Crippen LogP contribution in [-0.2, 0) is 0 Å². The van der Waals surface area contributed by atoms with Crippen LogP contribution in [0.15, 0.2) is 22.7 Å². The maximum atomic E-state index is 13.2. The highest BCUT2D eigenvalue weighted by Gasteiger charge is 2.13. The monoisotopic (exact) mass is 352 g/mol. The van der Waals surface area contributed by atoms with E-state index < -0.39 is 0 Å². The third-order valence-corrected chi connectivity index (χ3v) is 3.76. The number of hydrogen-bond acceptors (Lipinski definition) is 4. The Morgan fingerprint density at radius 3 is 2.43 bits per heavy atom. The lowest BCUT2D eigenvalue weighted by molar-refractivity contribution is 0.627. The Kier molecular flexibility index (Phi) is 4.77. The second-order valence-corrected chi connectivity index (χ2v) is 5.91. The van der Waals surface area contributed by atoms with Crippen molar-refractivity contribution in [2.45, 2.75) is 26.7 Å². The molecule has 1 aromatic heterocycles. The van der Waals surface area contributed by atoms with Crippen molar-refractivity contribution in [2.24, 2.45) is 0 Å². The molecule has 6 heteroatoms. The molecule has 1 heterocycles. The molecule has 0 amide bonds. The number of nitrogens with one attached hydrogen (secondary N) is 2. The third-order valence-electron chi connectivity index (χ3n) is 3.10. The van der Waals surface area contributed by atoms with Gasteiger partial charge in [0.15, 0.2) is 0 Å². The van der Waals surface area contributed by atoms with Gasteiger partial charge in [0, 0.05) is 23.0 Å². The second kappa shape index (κ2) is 6.39. The zero-order valence-electron chi connectivity index (χ0n) is 12.5. The highest BCUT2D eigenvalue weighted by Crippen LogP contribution is 2.29. The predicted octanol–water partition coefficient (Wildman–Crippen LogP) is 4.60. The maximum Gasteiger partial charge on any atom is 0.139 e. The van der Waals surface area contributed by atoms with E-state index in [4.69, 9.17) is 0 Å². The molecule has 0 aliphatic heterocycles. The Labute approximate surface area is 132 Å². The first kappa shape index (κ1) is 15.7. The van der Waals surface area contributed by atoms with Crippen molar-refractivity contribution in [3.8, 4) is 0 Å². The molecule has 0 radical (unpaired) electrons. The normalized spacial score (nSPS) is 10.8. The van der Waals surface area contributed by atoms with Crippen molar-refractivity contribution in [3.05, 3.63) is 39.9 Å². The fourth-order valence-corrected chi connectivity index (χ4v) is 2.33. The van der Waals surface area contributed by atoms with E-state index in [0.717, 1.165) is 22.9 Å². The van der Waals surface area contributed by atoms with E-state index in [2.05, 4.69) is 36.5 Å². The van der Waals surface area contributed by atoms with E-state index in [1.165, 1.54) is 12.1 Å². The number of anilines is 3. The van der Waals surface area contributed by atoms with Gasteiger partial charge in [0.05, 0.1) is 5.69 Å². The van der Waals surface area contributed by atoms with Crippen LogP contribution < -0.4 is 10.6 Å². The Morgan fingerprint density at radius 1 is 1.19 bits per heavy atom. The molecule has 0 bridgehead atoms. The zero-order valence-corrected chi connectivity index (χ0v) is 14.0. The number of aromatic nitrogens is 2. The van der Waals surface area contributed by atoms with Crippen LogP contribution in [0.3, 0.4) is 0 Å². The molecule has 2 rings (SSSR count). The van der Waals surface area contributed by atoms with Gasteiger partial charge < -0.3 is 10.6 Å². The number of rotatable bonds is 4. The number of hydrogen-bond donors (Lipinski definition) is 2. The van der Waals surface area contributed by atoms with Crippen LogP contribution in [-0.4, -0.2) is 17.0 Å². The Morgan fingerprint density at radius 2 is 1.86 bits per heavy atom. The van der Waals surface area contributed by atoms with Gasteiger partial charge in [-0.05, 0) is 41.1 Å². The lowest BCUT2D eigenvalue weighted by Crippen LogP contribution is -2.08. The summed E-state index contributed by atoms with van der Waals surface area (Å²) in [4.78, 5) is 9.06. The van der Waals surface area contributed by atoms with E-state index >= 15 is 0 Å². The molecule has 0 unspecified atom stereocenters. The van der Waals surface area contributed by atoms with E-state index in [-0.39, 0.29) is 11.7 Å². The molecule has 4 nitrogen and oxygen atoms in total. The first-order valence-corrected chi connectivity index (χ1v) is 7.50. The van der Waals surface area contributed by atoms with Crippen LogP contribution in [0, 0.1) is 12.7 Å². The Bertz CT molecular complexity index is 658. The Hall–Kier alpha value is -1.69. The van der Waals surface area contributed by atoms with Crippen molar-refractivity contribution in [1.82, 2.24) is 9.97 Å². The molecule has 0 aliphatic rings. The summed E-state index contributed by atoms with van der Waals surface area (Å²) < 4.78 is 13.8. The van der Waals surface area contributed by atoms with Gasteiger partial charge in [-0.2, -0.15) is 0 Å². The minimum Gasteiger partial charge on any atom is -0.373 e. The lowest BCUT2D eigenvalue weighted by Gasteiger charge is -2.16. The smallest absolute Gasteiger partial charge is 0.139 e. The van der Waals surface area contributed by atoms with Crippen molar-refractivity contribution in [1.29, 1.82) is 0 Å². The summed E-state index contributed by atoms with van der Waals surface area (Å²) in [7, 11) is 1.83. The molecule has 0 spiro atoms. The van der Waals surface area contributed by atoms with Gasteiger partial charge in [0.2, 0.25) is 0 Å². The van der Waals surface area contributed by atoms with Crippen LogP contribution in [0.25, 0.3) is 0 Å². The largest absolute Gasteiger partial charge is 0.373 e. The number of halogens is 2. The van der Waals surface area contributed by atoms with Crippen molar-refractivity contribution < 1.29 is 4.39 Å². The fraction of sp³-hybridized carbons (Fsp3) is 0.333. The molecule has 0 saturated heterocycles. The molecule has 0 saturated carbocycles. The summed E-state index contributed by atoms with van der Waals surface area (Å²) in [6.45, 7) is 6.03.